The number of benzene rings is 2. The molecule has 2 heterocycles. The molecule has 1 aliphatic rings. The van der Waals surface area contributed by atoms with Gasteiger partial charge in [0.15, 0.2) is 12.4 Å². The molecule has 7 heteroatoms. The van der Waals surface area contributed by atoms with E-state index in [0.29, 0.717) is 22.9 Å². The lowest BCUT2D eigenvalue weighted by atomic mass is 10.1. The molecule has 0 spiro atoms. The molecule has 1 aliphatic heterocycles. The van der Waals surface area contributed by atoms with E-state index in [1.807, 2.05) is 12.1 Å². The monoisotopic (exact) mass is 402 g/mol. The van der Waals surface area contributed by atoms with Crippen LogP contribution in [0.4, 0.5) is 5.82 Å². The SMILES string of the molecule is COc1ccc(C=C2Oc3cc(OCC(=O)Nc4ccccn4)ccc3C2=O)cc1. The van der Waals surface area contributed by atoms with Crippen molar-refractivity contribution in [2.45, 2.75) is 0 Å². The number of Topliss-reactive ketones (excluding diaryl/α,β-unsaturated/α-hetero) is 1. The van der Waals surface area contributed by atoms with Crippen molar-refractivity contribution >= 4 is 23.6 Å². The second-order valence-electron chi connectivity index (χ2n) is 6.42. The van der Waals surface area contributed by atoms with E-state index in [1.165, 1.54) is 0 Å². The van der Waals surface area contributed by atoms with Crippen LogP contribution in [-0.4, -0.2) is 30.4 Å². The number of methoxy groups -OCH3 is 1. The van der Waals surface area contributed by atoms with E-state index in [2.05, 4.69) is 10.3 Å². The Labute approximate surface area is 172 Å². The van der Waals surface area contributed by atoms with Gasteiger partial charge in [-0.05, 0) is 48.0 Å². The molecule has 0 bridgehead atoms. The minimum Gasteiger partial charge on any atom is -0.497 e. The molecule has 0 saturated heterocycles. The number of hydrogen-bond acceptors (Lipinski definition) is 6. The third kappa shape index (κ3) is 4.30. The number of anilines is 1. The Kier molecular flexibility index (Phi) is 5.43. The number of pyridine rings is 1. The third-order valence-corrected chi connectivity index (χ3v) is 4.36. The zero-order valence-electron chi connectivity index (χ0n) is 16.1. The summed E-state index contributed by atoms with van der Waals surface area (Å²) >= 11 is 0. The van der Waals surface area contributed by atoms with Gasteiger partial charge in [-0.2, -0.15) is 0 Å². The summed E-state index contributed by atoms with van der Waals surface area (Å²) in [4.78, 5) is 28.6. The molecular weight excluding hydrogens is 384 g/mol. The Balaban J connectivity index is 1.41. The van der Waals surface area contributed by atoms with Crippen LogP contribution in [0.5, 0.6) is 17.2 Å². The molecular formula is C23H18N2O5. The van der Waals surface area contributed by atoms with Gasteiger partial charge in [0.2, 0.25) is 5.78 Å². The average molecular weight is 402 g/mol. The fourth-order valence-corrected chi connectivity index (χ4v) is 2.87. The van der Waals surface area contributed by atoms with Crippen molar-refractivity contribution < 1.29 is 23.8 Å². The summed E-state index contributed by atoms with van der Waals surface area (Å²) in [6.45, 7) is -0.197. The molecule has 150 valence electrons. The summed E-state index contributed by atoms with van der Waals surface area (Å²) in [5, 5.41) is 2.64. The first-order chi connectivity index (χ1) is 14.6. The number of rotatable bonds is 6. The lowest BCUT2D eigenvalue weighted by molar-refractivity contribution is -0.118. The lowest BCUT2D eigenvalue weighted by Crippen LogP contribution is -2.20. The van der Waals surface area contributed by atoms with Crippen LogP contribution >= 0.6 is 0 Å². The Bertz CT molecular complexity index is 1110. The highest BCUT2D eigenvalue weighted by Gasteiger charge is 2.27. The van der Waals surface area contributed by atoms with Crippen molar-refractivity contribution in [3.8, 4) is 17.2 Å². The largest absolute Gasteiger partial charge is 0.497 e. The molecule has 0 unspecified atom stereocenters. The quantitative estimate of drug-likeness (QED) is 0.633. The summed E-state index contributed by atoms with van der Waals surface area (Å²) < 4.78 is 16.4. The normalized spacial score (nSPS) is 13.5. The molecule has 0 radical (unpaired) electrons. The van der Waals surface area contributed by atoms with Crippen LogP contribution in [-0.2, 0) is 4.79 Å². The third-order valence-electron chi connectivity index (χ3n) is 4.36. The maximum atomic E-state index is 12.6. The molecule has 2 aromatic carbocycles. The number of carbonyl (C=O) groups excluding carboxylic acids is 2. The van der Waals surface area contributed by atoms with Gasteiger partial charge in [-0.15, -0.1) is 0 Å². The Hall–Kier alpha value is -4.13. The molecule has 0 aliphatic carbocycles. The van der Waals surface area contributed by atoms with E-state index in [1.54, 1.807) is 67.9 Å². The minimum absolute atomic E-state index is 0.197. The number of nitrogens with one attached hydrogen (secondary N) is 1. The number of fused-ring (bicyclic) bond motifs is 1. The molecule has 1 aromatic heterocycles. The highest BCUT2D eigenvalue weighted by molar-refractivity contribution is 6.14. The molecule has 3 aromatic rings. The fourth-order valence-electron chi connectivity index (χ4n) is 2.87. The Morgan fingerprint density at radius 3 is 2.63 bits per heavy atom. The van der Waals surface area contributed by atoms with Gasteiger partial charge >= 0.3 is 0 Å². The summed E-state index contributed by atoms with van der Waals surface area (Å²) in [5.74, 6) is 1.66. The first kappa shape index (κ1) is 19.2. The molecule has 7 nitrogen and oxygen atoms in total. The molecule has 4 rings (SSSR count). The zero-order valence-corrected chi connectivity index (χ0v) is 16.1. The van der Waals surface area contributed by atoms with E-state index < -0.39 is 0 Å². The molecule has 0 saturated carbocycles. The molecule has 0 fully saturated rings. The van der Waals surface area contributed by atoms with Crippen LogP contribution in [0.3, 0.4) is 0 Å². The second-order valence-corrected chi connectivity index (χ2v) is 6.42. The molecule has 1 N–H and O–H groups in total. The number of amides is 1. The van der Waals surface area contributed by atoms with E-state index in [-0.39, 0.29) is 24.1 Å². The van der Waals surface area contributed by atoms with Gasteiger partial charge in [0.25, 0.3) is 5.91 Å². The standard InChI is InChI=1S/C23H18N2O5/c1-28-16-7-5-15(6-8-16)12-20-23(27)18-10-9-17(13-19(18)30-20)29-14-22(26)25-21-4-2-3-11-24-21/h2-13H,14H2,1H3,(H,24,25,26). The van der Waals surface area contributed by atoms with Crippen LogP contribution < -0.4 is 19.5 Å². The van der Waals surface area contributed by atoms with Gasteiger partial charge in [-0.3, -0.25) is 9.59 Å². The number of allylic oxidation sites excluding steroid dienone is 1. The van der Waals surface area contributed by atoms with Gasteiger partial charge < -0.3 is 19.5 Å². The smallest absolute Gasteiger partial charge is 0.263 e. The van der Waals surface area contributed by atoms with E-state index in [9.17, 15) is 9.59 Å². The van der Waals surface area contributed by atoms with Crippen LogP contribution in [0.15, 0.2) is 72.6 Å². The van der Waals surface area contributed by atoms with Gasteiger partial charge in [0.1, 0.15) is 23.1 Å². The van der Waals surface area contributed by atoms with Gasteiger partial charge in [0, 0.05) is 12.3 Å². The van der Waals surface area contributed by atoms with Crippen molar-refractivity contribution in [3.63, 3.8) is 0 Å². The highest BCUT2D eigenvalue weighted by atomic mass is 16.5. The summed E-state index contributed by atoms with van der Waals surface area (Å²) in [6.07, 6.45) is 3.25. The van der Waals surface area contributed by atoms with Crippen molar-refractivity contribution in [3.05, 3.63) is 83.7 Å². The van der Waals surface area contributed by atoms with Crippen LogP contribution in [0, 0.1) is 0 Å². The van der Waals surface area contributed by atoms with Crippen molar-refractivity contribution in [2.75, 3.05) is 19.0 Å². The topological polar surface area (TPSA) is 86.8 Å². The number of carbonyl (C=O) groups is 2. The van der Waals surface area contributed by atoms with E-state index in [4.69, 9.17) is 14.2 Å². The van der Waals surface area contributed by atoms with E-state index >= 15 is 0 Å². The fraction of sp³-hybridized carbons (Fsp3) is 0.0870. The average Bonchev–Trinajstić information content (AvgIpc) is 3.08. The van der Waals surface area contributed by atoms with Gasteiger partial charge in [-0.25, -0.2) is 4.98 Å². The first-order valence-electron chi connectivity index (χ1n) is 9.18. The van der Waals surface area contributed by atoms with Crippen LogP contribution in [0.1, 0.15) is 15.9 Å². The van der Waals surface area contributed by atoms with Crippen LogP contribution in [0.25, 0.3) is 6.08 Å². The molecule has 30 heavy (non-hydrogen) atoms. The molecule has 0 atom stereocenters. The second kappa shape index (κ2) is 8.48. The first-order valence-corrected chi connectivity index (χ1v) is 9.18. The van der Waals surface area contributed by atoms with Gasteiger partial charge in [0.05, 0.1) is 12.7 Å². The Morgan fingerprint density at radius 1 is 1.10 bits per heavy atom. The minimum atomic E-state index is -0.341. The zero-order chi connectivity index (χ0) is 20.9. The summed E-state index contributed by atoms with van der Waals surface area (Å²) in [7, 11) is 1.59. The predicted molar refractivity (Wildman–Crippen MR) is 111 cm³/mol. The van der Waals surface area contributed by atoms with E-state index in [0.717, 1.165) is 11.3 Å². The highest BCUT2D eigenvalue weighted by Crippen LogP contribution is 2.35. The number of aromatic nitrogens is 1. The summed E-state index contributed by atoms with van der Waals surface area (Å²) in [5.41, 5.74) is 1.26. The maximum absolute atomic E-state index is 12.6. The number of hydrogen-bond donors (Lipinski definition) is 1. The summed E-state index contributed by atoms with van der Waals surface area (Å²) in [6, 6.07) is 17.3. The Morgan fingerprint density at radius 2 is 1.90 bits per heavy atom. The number of nitrogens with zero attached hydrogens (tertiary/aromatic N) is 1. The molecule has 1 amide bonds. The van der Waals surface area contributed by atoms with Crippen molar-refractivity contribution in [2.24, 2.45) is 0 Å². The van der Waals surface area contributed by atoms with Crippen molar-refractivity contribution in [1.29, 1.82) is 0 Å². The number of ketones is 1. The number of ether oxygens (including phenoxy) is 3. The van der Waals surface area contributed by atoms with Gasteiger partial charge in [-0.1, -0.05) is 18.2 Å². The predicted octanol–water partition coefficient (Wildman–Crippen LogP) is 3.72. The lowest BCUT2D eigenvalue weighted by Gasteiger charge is -2.07. The maximum Gasteiger partial charge on any atom is 0.263 e. The van der Waals surface area contributed by atoms with Crippen LogP contribution in [0.2, 0.25) is 0 Å². The van der Waals surface area contributed by atoms with Crippen molar-refractivity contribution in [1.82, 2.24) is 4.98 Å².